The quantitative estimate of drug-likeness (QED) is 0.749. The zero-order valence-electron chi connectivity index (χ0n) is 13.3. The Labute approximate surface area is 125 Å². The van der Waals surface area contributed by atoms with Crippen LogP contribution in [0.15, 0.2) is 16.9 Å². The third kappa shape index (κ3) is 6.97. The molecule has 1 aromatic heterocycles. The van der Waals surface area contributed by atoms with Crippen molar-refractivity contribution >= 4 is 5.97 Å². The molecule has 1 N–H and O–H groups in total. The van der Waals surface area contributed by atoms with Crippen LogP contribution in [0, 0.1) is 11.8 Å². The molecule has 0 aromatic carbocycles. The number of aromatic nitrogens is 1. The van der Waals surface area contributed by atoms with Crippen molar-refractivity contribution in [2.45, 2.75) is 40.5 Å². The van der Waals surface area contributed by atoms with E-state index in [4.69, 9.17) is 9.47 Å². The second kappa shape index (κ2) is 8.49. The fraction of sp³-hybridized carbons (Fsp3) is 0.625. The number of esters is 1. The average molecular weight is 295 g/mol. The Kier molecular flexibility index (Phi) is 6.99. The summed E-state index contributed by atoms with van der Waals surface area (Å²) in [6.07, 6.45) is 1.68. The SMILES string of the molecule is CC(C)CCOC(=O)c1cc(OCCC(C)C)[nH]c(=O)c1. The van der Waals surface area contributed by atoms with E-state index in [1.54, 1.807) is 0 Å². The largest absolute Gasteiger partial charge is 0.479 e. The Hall–Kier alpha value is -1.78. The van der Waals surface area contributed by atoms with E-state index in [1.165, 1.54) is 12.1 Å². The molecule has 0 atom stereocenters. The van der Waals surface area contributed by atoms with Crippen LogP contribution in [0.3, 0.4) is 0 Å². The molecule has 0 amide bonds. The number of nitrogens with one attached hydrogen (secondary N) is 1. The Bertz CT molecular complexity index is 505. The predicted molar refractivity (Wildman–Crippen MR) is 81.8 cm³/mol. The van der Waals surface area contributed by atoms with Crippen LogP contribution >= 0.6 is 0 Å². The summed E-state index contributed by atoms with van der Waals surface area (Å²) in [7, 11) is 0. The van der Waals surface area contributed by atoms with Gasteiger partial charge in [-0.05, 0) is 24.7 Å². The molecular weight excluding hydrogens is 270 g/mol. The molecule has 0 saturated heterocycles. The van der Waals surface area contributed by atoms with Gasteiger partial charge in [-0.25, -0.2) is 4.79 Å². The molecule has 1 heterocycles. The molecule has 0 bridgehead atoms. The Balaban J connectivity index is 2.63. The Morgan fingerprint density at radius 2 is 1.71 bits per heavy atom. The first kappa shape index (κ1) is 17.3. The third-order valence-corrected chi connectivity index (χ3v) is 2.94. The van der Waals surface area contributed by atoms with E-state index in [1.807, 2.05) is 0 Å². The number of hydrogen-bond donors (Lipinski definition) is 1. The molecule has 5 nitrogen and oxygen atoms in total. The van der Waals surface area contributed by atoms with Crippen LogP contribution in [-0.4, -0.2) is 24.2 Å². The Morgan fingerprint density at radius 1 is 1.10 bits per heavy atom. The first-order valence-electron chi connectivity index (χ1n) is 7.42. The van der Waals surface area contributed by atoms with Crippen molar-refractivity contribution in [3.63, 3.8) is 0 Å². The molecule has 0 aliphatic rings. The molecule has 5 heteroatoms. The lowest BCUT2D eigenvalue weighted by atomic mass is 10.1. The van der Waals surface area contributed by atoms with E-state index < -0.39 is 5.97 Å². The number of rotatable bonds is 8. The van der Waals surface area contributed by atoms with Gasteiger partial charge in [0.2, 0.25) is 0 Å². The normalized spacial score (nSPS) is 11.0. The van der Waals surface area contributed by atoms with E-state index >= 15 is 0 Å². The highest BCUT2D eigenvalue weighted by molar-refractivity contribution is 5.89. The van der Waals surface area contributed by atoms with Crippen LogP contribution in [0.2, 0.25) is 0 Å². The van der Waals surface area contributed by atoms with E-state index in [-0.39, 0.29) is 11.1 Å². The van der Waals surface area contributed by atoms with Crippen molar-refractivity contribution in [1.82, 2.24) is 4.98 Å². The maximum absolute atomic E-state index is 11.9. The minimum atomic E-state index is -0.490. The average Bonchev–Trinajstić information content (AvgIpc) is 2.37. The predicted octanol–water partition coefficient (Wildman–Crippen LogP) is 3.00. The monoisotopic (exact) mass is 295 g/mol. The fourth-order valence-corrected chi connectivity index (χ4v) is 1.59. The van der Waals surface area contributed by atoms with Gasteiger partial charge in [-0.1, -0.05) is 27.7 Å². The number of carbonyl (C=O) groups is 1. The summed E-state index contributed by atoms with van der Waals surface area (Å²) >= 11 is 0. The second-order valence-electron chi connectivity index (χ2n) is 5.95. The van der Waals surface area contributed by atoms with Gasteiger partial charge in [0.1, 0.15) is 0 Å². The summed E-state index contributed by atoms with van der Waals surface area (Å²) < 4.78 is 10.6. The van der Waals surface area contributed by atoms with E-state index in [0.29, 0.717) is 30.9 Å². The number of pyridine rings is 1. The summed E-state index contributed by atoms with van der Waals surface area (Å²) in [5, 5.41) is 0. The van der Waals surface area contributed by atoms with Gasteiger partial charge in [-0.2, -0.15) is 0 Å². The second-order valence-corrected chi connectivity index (χ2v) is 5.95. The van der Waals surface area contributed by atoms with Crippen molar-refractivity contribution in [2.24, 2.45) is 11.8 Å². The maximum Gasteiger partial charge on any atom is 0.338 e. The van der Waals surface area contributed by atoms with Crippen molar-refractivity contribution < 1.29 is 14.3 Å². The first-order valence-corrected chi connectivity index (χ1v) is 7.42. The molecule has 0 aliphatic heterocycles. The lowest BCUT2D eigenvalue weighted by molar-refractivity contribution is 0.0487. The summed E-state index contributed by atoms with van der Waals surface area (Å²) in [5.41, 5.74) is -0.144. The highest BCUT2D eigenvalue weighted by Gasteiger charge is 2.11. The highest BCUT2D eigenvalue weighted by atomic mass is 16.5. The number of aromatic amines is 1. The van der Waals surface area contributed by atoms with Crippen LogP contribution in [-0.2, 0) is 4.74 Å². The smallest absolute Gasteiger partial charge is 0.338 e. The molecule has 0 spiro atoms. The van der Waals surface area contributed by atoms with E-state index in [2.05, 4.69) is 32.7 Å². The molecule has 0 fully saturated rings. The van der Waals surface area contributed by atoms with Crippen LogP contribution in [0.5, 0.6) is 5.88 Å². The molecule has 21 heavy (non-hydrogen) atoms. The molecule has 0 saturated carbocycles. The topological polar surface area (TPSA) is 68.4 Å². The van der Waals surface area contributed by atoms with Gasteiger partial charge in [0.05, 0.1) is 18.8 Å². The minimum Gasteiger partial charge on any atom is -0.479 e. The number of hydrogen-bond acceptors (Lipinski definition) is 4. The molecular formula is C16H25NO4. The van der Waals surface area contributed by atoms with E-state index in [9.17, 15) is 9.59 Å². The standard InChI is InChI=1S/C16H25NO4/c1-11(2)5-7-20-15-10-13(9-14(18)17-15)16(19)21-8-6-12(3)4/h9-12H,5-8H2,1-4H3,(H,17,18). The molecule has 0 unspecified atom stereocenters. The highest BCUT2D eigenvalue weighted by Crippen LogP contribution is 2.10. The number of ether oxygens (including phenoxy) is 2. The van der Waals surface area contributed by atoms with Crippen LogP contribution in [0.4, 0.5) is 0 Å². The molecule has 0 aliphatic carbocycles. The summed E-state index contributed by atoms with van der Waals surface area (Å²) in [6, 6.07) is 2.74. The lowest BCUT2D eigenvalue weighted by Gasteiger charge is -2.09. The minimum absolute atomic E-state index is 0.224. The number of H-pyrrole nitrogens is 1. The molecule has 118 valence electrons. The summed E-state index contributed by atoms with van der Waals surface area (Å²) in [5.74, 6) is 0.794. The van der Waals surface area contributed by atoms with Gasteiger partial charge in [0.15, 0.2) is 5.88 Å². The first-order chi connectivity index (χ1) is 9.88. The van der Waals surface area contributed by atoms with Crippen LogP contribution < -0.4 is 10.3 Å². The van der Waals surface area contributed by atoms with Gasteiger partial charge >= 0.3 is 5.97 Å². The lowest BCUT2D eigenvalue weighted by Crippen LogP contribution is -2.15. The van der Waals surface area contributed by atoms with Gasteiger partial charge in [0, 0.05) is 12.1 Å². The zero-order valence-corrected chi connectivity index (χ0v) is 13.3. The molecule has 1 rings (SSSR count). The Morgan fingerprint density at radius 3 is 2.33 bits per heavy atom. The zero-order chi connectivity index (χ0) is 15.8. The summed E-state index contributed by atoms with van der Waals surface area (Å²) in [4.78, 5) is 26.0. The van der Waals surface area contributed by atoms with Crippen LogP contribution in [0.25, 0.3) is 0 Å². The van der Waals surface area contributed by atoms with Gasteiger partial charge < -0.3 is 9.47 Å². The fourth-order valence-electron chi connectivity index (χ4n) is 1.59. The van der Waals surface area contributed by atoms with Crippen molar-refractivity contribution in [1.29, 1.82) is 0 Å². The number of carbonyl (C=O) groups excluding carboxylic acids is 1. The van der Waals surface area contributed by atoms with Gasteiger partial charge in [-0.3, -0.25) is 9.78 Å². The van der Waals surface area contributed by atoms with Crippen LogP contribution in [0.1, 0.15) is 50.9 Å². The molecule has 1 aromatic rings. The van der Waals surface area contributed by atoms with Gasteiger partial charge in [0.25, 0.3) is 5.56 Å². The molecule has 0 radical (unpaired) electrons. The third-order valence-electron chi connectivity index (χ3n) is 2.94. The van der Waals surface area contributed by atoms with Gasteiger partial charge in [-0.15, -0.1) is 0 Å². The van der Waals surface area contributed by atoms with Crippen molar-refractivity contribution in [3.8, 4) is 5.88 Å². The van der Waals surface area contributed by atoms with Crippen molar-refractivity contribution in [2.75, 3.05) is 13.2 Å². The van der Waals surface area contributed by atoms with Crippen molar-refractivity contribution in [3.05, 3.63) is 28.0 Å². The summed E-state index contributed by atoms with van der Waals surface area (Å²) in [6.45, 7) is 9.15. The maximum atomic E-state index is 11.9. The van der Waals surface area contributed by atoms with E-state index in [0.717, 1.165) is 12.8 Å².